The van der Waals surface area contributed by atoms with Crippen LogP contribution in [0.2, 0.25) is 5.02 Å². The van der Waals surface area contributed by atoms with Gasteiger partial charge in [0, 0.05) is 43.8 Å². The van der Waals surface area contributed by atoms with Crippen LogP contribution in [0.15, 0.2) is 30.6 Å². The highest BCUT2D eigenvalue weighted by Crippen LogP contribution is 2.21. The average molecular weight is 336 g/mol. The third-order valence-corrected chi connectivity index (χ3v) is 3.96. The van der Waals surface area contributed by atoms with Crippen LogP contribution in [0.25, 0.3) is 0 Å². The highest BCUT2D eigenvalue weighted by atomic mass is 35.5. The second-order valence-corrected chi connectivity index (χ2v) is 6.04. The summed E-state index contributed by atoms with van der Waals surface area (Å²) < 4.78 is 7.38. The molecule has 0 radical (unpaired) electrons. The molecule has 0 fully saturated rings. The molecule has 0 unspecified atom stereocenters. The van der Waals surface area contributed by atoms with E-state index >= 15 is 0 Å². The summed E-state index contributed by atoms with van der Waals surface area (Å²) in [4.78, 5) is 13.8. The quantitative estimate of drug-likeness (QED) is 0.730. The van der Waals surface area contributed by atoms with Crippen molar-refractivity contribution in [3.8, 4) is 5.75 Å². The summed E-state index contributed by atoms with van der Waals surface area (Å²) in [5.74, 6) is 0.882. The summed E-state index contributed by atoms with van der Waals surface area (Å²) in [5.41, 5.74) is 2.01. The SMILES string of the molecule is Cc1cc(OCCCC(=O)N(C)Cc2cnn(C)c2)ccc1Cl. The summed E-state index contributed by atoms with van der Waals surface area (Å²) in [7, 11) is 3.67. The predicted molar refractivity (Wildman–Crippen MR) is 90.6 cm³/mol. The Labute approximate surface area is 141 Å². The van der Waals surface area contributed by atoms with Crippen molar-refractivity contribution in [3.05, 3.63) is 46.7 Å². The van der Waals surface area contributed by atoms with E-state index in [2.05, 4.69) is 5.10 Å². The fraction of sp³-hybridized carbons (Fsp3) is 0.412. The van der Waals surface area contributed by atoms with Gasteiger partial charge in [-0.25, -0.2) is 0 Å². The van der Waals surface area contributed by atoms with Gasteiger partial charge in [0.05, 0.1) is 12.8 Å². The number of ether oxygens (including phenoxy) is 1. The molecule has 2 aromatic rings. The van der Waals surface area contributed by atoms with E-state index in [4.69, 9.17) is 16.3 Å². The van der Waals surface area contributed by atoms with Crippen LogP contribution in [0.3, 0.4) is 0 Å². The fourth-order valence-electron chi connectivity index (χ4n) is 2.23. The van der Waals surface area contributed by atoms with Crippen LogP contribution >= 0.6 is 11.6 Å². The Morgan fingerprint density at radius 3 is 2.87 bits per heavy atom. The van der Waals surface area contributed by atoms with Crippen molar-refractivity contribution in [2.75, 3.05) is 13.7 Å². The number of carbonyl (C=O) groups is 1. The molecule has 0 atom stereocenters. The van der Waals surface area contributed by atoms with Crippen LogP contribution < -0.4 is 4.74 Å². The van der Waals surface area contributed by atoms with Gasteiger partial charge in [-0.2, -0.15) is 5.10 Å². The number of hydrogen-bond acceptors (Lipinski definition) is 3. The predicted octanol–water partition coefficient (Wildman–Crippen LogP) is 3.20. The number of carbonyl (C=O) groups excluding carboxylic acids is 1. The maximum Gasteiger partial charge on any atom is 0.222 e. The van der Waals surface area contributed by atoms with E-state index in [0.717, 1.165) is 21.9 Å². The first-order valence-corrected chi connectivity index (χ1v) is 7.94. The number of halogens is 1. The molecule has 1 aromatic carbocycles. The molecule has 2 rings (SSSR count). The summed E-state index contributed by atoms with van der Waals surface area (Å²) in [6.45, 7) is 3.02. The number of aryl methyl sites for hydroxylation is 2. The van der Waals surface area contributed by atoms with Crippen molar-refractivity contribution in [2.24, 2.45) is 7.05 Å². The van der Waals surface area contributed by atoms with Gasteiger partial charge < -0.3 is 9.64 Å². The second kappa shape index (κ2) is 8.02. The van der Waals surface area contributed by atoms with Crippen molar-refractivity contribution >= 4 is 17.5 Å². The first kappa shape index (κ1) is 17.3. The van der Waals surface area contributed by atoms with Crippen LogP contribution in [0, 0.1) is 6.92 Å². The largest absolute Gasteiger partial charge is 0.494 e. The minimum Gasteiger partial charge on any atom is -0.494 e. The molecule has 0 aliphatic rings. The topological polar surface area (TPSA) is 47.4 Å². The van der Waals surface area contributed by atoms with Gasteiger partial charge in [-0.15, -0.1) is 0 Å². The Balaban J connectivity index is 1.70. The Morgan fingerprint density at radius 2 is 2.22 bits per heavy atom. The molecule has 0 N–H and O–H groups in total. The minimum absolute atomic E-state index is 0.102. The smallest absolute Gasteiger partial charge is 0.222 e. The van der Waals surface area contributed by atoms with Crippen LogP contribution in [-0.2, 0) is 18.4 Å². The molecule has 0 saturated heterocycles. The molecule has 0 saturated carbocycles. The van der Waals surface area contributed by atoms with Crippen molar-refractivity contribution in [1.82, 2.24) is 14.7 Å². The normalized spacial score (nSPS) is 10.6. The van der Waals surface area contributed by atoms with E-state index in [1.54, 1.807) is 22.8 Å². The Kier molecular flexibility index (Phi) is 6.04. The summed E-state index contributed by atoms with van der Waals surface area (Å²) >= 11 is 5.97. The van der Waals surface area contributed by atoms with Gasteiger partial charge in [0.1, 0.15) is 5.75 Å². The molecule has 1 heterocycles. The highest BCUT2D eigenvalue weighted by Gasteiger charge is 2.10. The first-order chi connectivity index (χ1) is 11.0. The standard InChI is InChI=1S/C17H22ClN3O2/c1-13-9-15(6-7-16(13)18)23-8-4-5-17(22)20(2)11-14-10-19-21(3)12-14/h6-7,9-10,12H,4-5,8,11H2,1-3H3. The van der Waals surface area contributed by atoms with E-state index in [1.807, 2.05) is 38.4 Å². The zero-order valence-electron chi connectivity index (χ0n) is 13.8. The van der Waals surface area contributed by atoms with Crippen LogP contribution in [0.1, 0.15) is 24.0 Å². The van der Waals surface area contributed by atoms with E-state index in [0.29, 0.717) is 26.0 Å². The van der Waals surface area contributed by atoms with Crippen LogP contribution in [0.4, 0.5) is 0 Å². The molecule has 1 amide bonds. The van der Waals surface area contributed by atoms with Crippen LogP contribution in [0.5, 0.6) is 5.75 Å². The lowest BCUT2D eigenvalue weighted by molar-refractivity contribution is -0.130. The summed E-state index contributed by atoms with van der Waals surface area (Å²) in [6, 6.07) is 5.56. The number of benzene rings is 1. The van der Waals surface area contributed by atoms with Gasteiger partial charge in [-0.05, 0) is 37.1 Å². The number of hydrogen-bond donors (Lipinski definition) is 0. The molecule has 1 aromatic heterocycles. The van der Waals surface area contributed by atoms with Gasteiger partial charge in [0.25, 0.3) is 0 Å². The summed E-state index contributed by atoms with van der Waals surface area (Å²) in [5, 5.41) is 4.83. The zero-order valence-corrected chi connectivity index (χ0v) is 14.5. The molecule has 0 aliphatic carbocycles. The van der Waals surface area contributed by atoms with Crippen LogP contribution in [-0.4, -0.2) is 34.2 Å². The number of rotatable bonds is 7. The van der Waals surface area contributed by atoms with Crippen molar-refractivity contribution in [1.29, 1.82) is 0 Å². The van der Waals surface area contributed by atoms with Gasteiger partial charge in [0.15, 0.2) is 0 Å². The molecule has 124 valence electrons. The Bertz CT molecular complexity index is 670. The third kappa shape index (κ3) is 5.28. The van der Waals surface area contributed by atoms with Crippen molar-refractivity contribution in [3.63, 3.8) is 0 Å². The number of nitrogens with zero attached hydrogens (tertiary/aromatic N) is 3. The molecule has 23 heavy (non-hydrogen) atoms. The summed E-state index contributed by atoms with van der Waals surface area (Å²) in [6.07, 6.45) is 4.83. The lowest BCUT2D eigenvalue weighted by Gasteiger charge is -2.16. The second-order valence-electron chi connectivity index (χ2n) is 5.64. The fourth-order valence-corrected chi connectivity index (χ4v) is 2.34. The molecule has 5 nitrogen and oxygen atoms in total. The Morgan fingerprint density at radius 1 is 1.43 bits per heavy atom. The van der Waals surface area contributed by atoms with E-state index in [1.165, 1.54) is 0 Å². The number of amides is 1. The van der Waals surface area contributed by atoms with Gasteiger partial charge in [-0.1, -0.05) is 11.6 Å². The molecular formula is C17H22ClN3O2. The lowest BCUT2D eigenvalue weighted by atomic mass is 10.2. The third-order valence-electron chi connectivity index (χ3n) is 3.54. The van der Waals surface area contributed by atoms with Crippen molar-refractivity contribution in [2.45, 2.75) is 26.3 Å². The molecule has 6 heteroatoms. The van der Waals surface area contributed by atoms with E-state index in [9.17, 15) is 4.79 Å². The zero-order chi connectivity index (χ0) is 16.8. The van der Waals surface area contributed by atoms with E-state index < -0.39 is 0 Å². The molecule has 0 spiro atoms. The Hall–Kier alpha value is -2.01. The van der Waals surface area contributed by atoms with Gasteiger partial charge >= 0.3 is 0 Å². The lowest BCUT2D eigenvalue weighted by Crippen LogP contribution is -2.26. The average Bonchev–Trinajstić information content (AvgIpc) is 2.92. The van der Waals surface area contributed by atoms with Crippen molar-refractivity contribution < 1.29 is 9.53 Å². The maximum atomic E-state index is 12.1. The number of aromatic nitrogens is 2. The molecule has 0 bridgehead atoms. The minimum atomic E-state index is 0.102. The maximum absolute atomic E-state index is 12.1. The highest BCUT2D eigenvalue weighted by molar-refractivity contribution is 6.31. The molecule has 0 aliphatic heterocycles. The van der Waals surface area contributed by atoms with E-state index in [-0.39, 0.29) is 5.91 Å². The molecular weight excluding hydrogens is 314 g/mol. The van der Waals surface area contributed by atoms with Gasteiger partial charge in [-0.3, -0.25) is 9.48 Å². The van der Waals surface area contributed by atoms with Gasteiger partial charge in [0.2, 0.25) is 5.91 Å². The monoisotopic (exact) mass is 335 g/mol. The first-order valence-electron chi connectivity index (χ1n) is 7.56.